The smallest absolute Gasteiger partial charge is 0.268 e. The molecule has 0 radical (unpaired) electrons. The van der Waals surface area contributed by atoms with Crippen LogP contribution in [0.3, 0.4) is 0 Å². The third kappa shape index (κ3) is 5.23. The molecule has 2 aromatic carbocycles. The Morgan fingerprint density at radius 2 is 1.62 bits per heavy atom. The van der Waals surface area contributed by atoms with E-state index in [9.17, 15) is 27.2 Å². The van der Waals surface area contributed by atoms with Gasteiger partial charge in [-0.1, -0.05) is 35.3 Å². The van der Waals surface area contributed by atoms with Crippen molar-refractivity contribution in [2.24, 2.45) is 0 Å². The van der Waals surface area contributed by atoms with Crippen molar-refractivity contribution < 1.29 is 17.6 Å². The highest BCUT2D eigenvalue weighted by Crippen LogP contribution is 2.32. The van der Waals surface area contributed by atoms with Gasteiger partial charge in [-0.15, -0.1) is 0 Å². The van der Waals surface area contributed by atoms with E-state index in [1.807, 2.05) is 0 Å². The van der Waals surface area contributed by atoms with Gasteiger partial charge in [-0.25, -0.2) is 18.9 Å². The van der Waals surface area contributed by atoms with Gasteiger partial charge in [0.1, 0.15) is 5.82 Å². The topological polar surface area (TPSA) is 74.7 Å². The minimum atomic E-state index is -4.66. The number of nitrogens with zero attached hydrogens (tertiary/aromatic N) is 5. The highest BCUT2D eigenvalue weighted by atomic mass is 35.5. The Kier molecular flexibility index (Phi) is 6.87. The number of alkyl halides is 3. The monoisotopic (exact) mass is 575 g/mol. The van der Waals surface area contributed by atoms with E-state index >= 15 is 0 Å². The first-order chi connectivity index (χ1) is 18.5. The normalized spacial score (nSPS) is 11.6. The molecule has 0 saturated carbocycles. The molecule has 198 valence electrons. The van der Waals surface area contributed by atoms with Gasteiger partial charge >= 0.3 is 11.9 Å². The van der Waals surface area contributed by atoms with Gasteiger partial charge in [0.15, 0.2) is 5.82 Å². The van der Waals surface area contributed by atoms with Crippen LogP contribution in [-0.2, 0) is 12.7 Å². The standard InChI is InChI=1S/C26H15Cl2F4N5O2/c27-17-3-7-19(8-4-17)35-14-20(24(38)36(25(35)39)13-15-1-5-18(29)6-2-15)22-9-10-34-37(22)23-21(28)11-16(12-33-23)26(30,31)32/h1-12,14H,13H2. The van der Waals surface area contributed by atoms with Crippen LogP contribution in [0.1, 0.15) is 11.1 Å². The molecule has 3 aromatic heterocycles. The van der Waals surface area contributed by atoms with Crippen LogP contribution < -0.4 is 11.2 Å². The van der Waals surface area contributed by atoms with Crippen molar-refractivity contribution in [3.63, 3.8) is 0 Å². The van der Waals surface area contributed by atoms with Crippen LogP contribution >= 0.6 is 23.2 Å². The molecule has 0 atom stereocenters. The molecule has 0 unspecified atom stereocenters. The summed E-state index contributed by atoms with van der Waals surface area (Å²) in [5, 5.41) is 4.18. The Balaban J connectivity index is 1.72. The Hall–Kier alpha value is -4.22. The fourth-order valence-electron chi connectivity index (χ4n) is 3.89. The summed E-state index contributed by atoms with van der Waals surface area (Å²) >= 11 is 12.1. The quantitative estimate of drug-likeness (QED) is 0.250. The van der Waals surface area contributed by atoms with E-state index in [0.29, 0.717) is 28.5 Å². The molecule has 39 heavy (non-hydrogen) atoms. The summed E-state index contributed by atoms with van der Waals surface area (Å²) in [5.74, 6) is -0.637. The molecular formula is C26H15Cl2F4N5O2. The highest BCUT2D eigenvalue weighted by Gasteiger charge is 2.32. The molecule has 0 bridgehead atoms. The van der Waals surface area contributed by atoms with E-state index < -0.39 is 28.8 Å². The first-order valence-electron chi connectivity index (χ1n) is 11.2. The predicted octanol–water partition coefficient (Wildman–Crippen LogP) is 5.76. The summed E-state index contributed by atoms with van der Waals surface area (Å²) in [6.45, 7) is -0.188. The number of hydrogen-bond donors (Lipinski definition) is 0. The zero-order valence-electron chi connectivity index (χ0n) is 19.5. The van der Waals surface area contributed by atoms with Crippen LogP contribution in [0.15, 0.2) is 88.8 Å². The number of pyridine rings is 1. The lowest BCUT2D eigenvalue weighted by Crippen LogP contribution is -2.40. The van der Waals surface area contributed by atoms with Gasteiger partial charge in [0, 0.05) is 17.4 Å². The lowest BCUT2D eigenvalue weighted by atomic mass is 10.2. The SMILES string of the molecule is O=c1c(-c2ccnn2-c2ncc(C(F)(F)F)cc2Cl)cn(-c2ccc(Cl)cc2)c(=O)n1Cc1ccc(F)cc1. The van der Waals surface area contributed by atoms with Crippen molar-refractivity contribution in [3.8, 4) is 22.8 Å². The van der Waals surface area contributed by atoms with Crippen molar-refractivity contribution in [1.82, 2.24) is 23.9 Å². The van der Waals surface area contributed by atoms with Crippen molar-refractivity contribution >= 4 is 23.2 Å². The second-order valence-electron chi connectivity index (χ2n) is 8.34. The van der Waals surface area contributed by atoms with Gasteiger partial charge in [-0.2, -0.15) is 18.3 Å². The second kappa shape index (κ2) is 10.2. The number of rotatable bonds is 5. The third-order valence-electron chi connectivity index (χ3n) is 5.80. The molecule has 0 aliphatic rings. The molecule has 5 rings (SSSR count). The van der Waals surface area contributed by atoms with Crippen molar-refractivity contribution in [2.75, 3.05) is 0 Å². The number of benzene rings is 2. The summed E-state index contributed by atoms with van der Waals surface area (Å²) < 4.78 is 56.1. The van der Waals surface area contributed by atoms with Crippen molar-refractivity contribution in [1.29, 1.82) is 0 Å². The number of halogens is 6. The highest BCUT2D eigenvalue weighted by molar-refractivity contribution is 6.32. The van der Waals surface area contributed by atoms with Crippen molar-refractivity contribution in [2.45, 2.75) is 12.7 Å². The first kappa shape index (κ1) is 26.4. The predicted molar refractivity (Wildman–Crippen MR) is 137 cm³/mol. The van der Waals surface area contributed by atoms with Crippen LogP contribution in [0.25, 0.3) is 22.8 Å². The lowest BCUT2D eigenvalue weighted by molar-refractivity contribution is -0.137. The van der Waals surface area contributed by atoms with E-state index in [1.54, 1.807) is 24.3 Å². The fraction of sp³-hybridized carbons (Fsp3) is 0.0769. The maximum atomic E-state index is 13.7. The molecule has 0 amide bonds. The maximum Gasteiger partial charge on any atom is 0.417 e. The summed E-state index contributed by atoms with van der Waals surface area (Å²) in [5.41, 5.74) is -1.51. The Bertz CT molecular complexity index is 1790. The van der Waals surface area contributed by atoms with Gasteiger partial charge < -0.3 is 0 Å². The van der Waals surface area contributed by atoms with Crippen LogP contribution in [0.5, 0.6) is 0 Å². The van der Waals surface area contributed by atoms with Crippen LogP contribution in [0, 0.1) is 5.82 Å². The molecule has 0 fully saturated rings. The van der Waals surface area contributed by atoms with Crippen LogP contribution in [0.2, 0.25) is 10.0 Å². The van der Waals surface area contributed by atoms with Crippen molar-refractivity contribution in [3.05, 3.63) is 127 Å². The van der Waals surface area contributed by atoms with Gasteiger partial charge in [-0.05, 0) is 54.1 Å². The molecule has 7 nitrogen and oxygen atoms in total. The molecule has 0 aliphatic heterocycles. The summed E-state index contributed by atoms with van der Waals surface area (Å²) in [7, 11) is 0. The number of hydrogen-bond acceptors (Lipinski definition) is 4. The van der Waals surface area contributed by atoms with E-state index in [0.717, 1.165) is 9.25 Å². The molecule has 3 heterocycles. The molecule has 0 spiro atoms. The fourth-order valence-corrected chi connectivity index (χ4v) is 4.27. The minimum Gasteiger partial charge on any atom is -0.268 e. The zero-order valence-corrected chi connectivity index (χ0v) is 21.0. The maximum absolute atomic E-state index is 13.7. The molecular weight excluding hydrogens is 561 g/mol. The molecule has 0 aliphatic carbocycles. The van der Waals surface area contributed by atoms with E-state index in [2.05, 4.69) is 10.1 Å². The lowest BCUT2D eigenvalue weighted by Gasteiger charge is -2.15. The average molecular weight is 576 g/mol. The van der Waals surface area contributed by atoms with Gasteiger partial charge in [0.2, 0.25) is 0 Å². The van der Waals surface area contributed by atoms with Gasteiger partial charge in [-0.3, -0.25) is 13.9 Å². The van der Waals surface area contributed by atoms with E-state index in [1.165, 1.54) is 47.3 Å². The van der Waals surface area contributed by atoms with Gasteiger partial charge in [0.05, 0.1) is 40.3 Å². The molecule has 0 saturated heterocycles. The van der Waals surface area contributed by atoms with E-state index in [4.69, 9.17) is 23.2 Å². The Labute approximate surface area is 227 Å². The second-order valence-corrected chi connectivity index (χ2v) is 9.19. The first-order valence-corrected chi connectivity index (χ1v) is 11.9. The number of aromatic nitrogens is 5. The van der Waals surface area contributed by atoms with Gasteiger partial charge in [0.25, 0.3) is 5.56 Å². The molecule has 13 heteroatoms. The Morgan fingerprint density at radius 3 is 2.26 bits per heavy atom. The summed E-state index contributed by atoms with van der Waals surface area (Å²) in [4.78, 5) is 31.0. The Morgan fingerprint density at radius 1 is 0.923 bits per heavy atom. The largest absolute Gasteiger partial charge is 0.417 e. The molecule has 0 N–H and O–H groups in total. The molecule has 5 aromatic rings. The summed E-state index contributed by atoms with van der Waals surface area (Å²) in [6, 6.07) is 13.7. The average Bonchev–Trinajstić information content (AvgIpc) is 3.37. The minimum absolute atomic E-state index is 0.0260. The van der Waals surface area contributed by atoms with Crippen LogP contribution in [-0.4, -0.2) is 23.9 Å². The third-order valence-corrected chi connectivity index (χ3v) is 6.33. The summed E-state index contributed by atoms with van der Waals surface area (Å²) in [6.07, 6.45) is -1.45. The van der Waals surface area contributed by atoms with E-state index in [-0.39, 0.29) is 28.6 Å². The zero-order chi connectivity index (χ0) is 27.9. The van der Waals surface area contributed by atoms with Crippen LogP contribution in [0.4, 0.5) is 17.6 Å².